The zero-order valence-corrected chi connectivity index (χ0v) is 24.3. The number of anilines is 4. The second-order valence-electron chi connectivity index (χ2n) is 10.1. The number of para-hydroxylation sites is 1. The molecule has 214 valence electrons. The molecular weight excluding hydrogens is 552 g/mol. The molecule has 12 heteroatoms. The molecular formula is C28H35ClN6O4S. The van der Waals surface area contributed by atoms with Crippen molar-refractivity contribution in [3.63, 3.8) is 0 Å². The third-order valence-corrected chi connectivity index (χ3v) is 8.86. The van der Waals surface area contributed by atoms with Gasteiger partial charge in [0.1, 0.15) is 27.5 Å². The Morgan fingerprint density at radius 3 is 2.62 bits per heavy atom. The van der Waals surface area contributed by atoms with Crippen LogP contribution in [0.3, 0.4) is 0 Å². The Hall–Kier alpha value is -3.12. The number of rotatable bonds is 11. The van der Waals surface area contributed by atoms with Crippen LogP contribution in [0.4, 0.5) is 23.1 Å². The summed E-state index contributed by atoms with van der Waals surface area (Å²) >= 11 is 6.42. The van der Waals surface area contributed by atoms with Crippen LogP contribution >= 0.6 is 11.6 Å². The molecule has 0 unspecified atom stereocenters. The summed E-state index contributed by atoms with van der Waals surface area (Å²) in [6, 6.07) is 12.3. The van der Waals surface area contributed by atoms with Gasteiger partial charge in [0.05, 0.1) is 24.2 Å². The van der Waals surface area contributed by atoms with Gasteiger partial charge in [-0.15, -0.1) is 0 Å². The van der Waals surface area contributed by atoms with Crippen LogP contribution < -0.4 is 24.8 Å². The van der Waals surface area contributed by atoms with E-state index < -0.39 is 10.0 Å². The van der Waals surface area contributed by atoms with Crippen molar-refractivity contribution in [3.05, 3.63) is 53.7 Å². The van der Waals surface area contributed by atoms with Crippen molar-refractivity contribution in [2.24, 2.45) is 0 Å². The highest BCUT2D eigenvalue weighted by atomic mass is 35.5. The zero-order chi connectivity index (χ0) is 28.1. The van der Waals surface area contributed by atoms with Gasteiger partial charge in [-0.2, -0.15) is 4.98 Å². The molecule has 3 aromatic rings. The van der Waals surface area contributed by atoms with E-state index in [4.69, 9.17) is 21.1 Å². The van der Waals surface area contributed by atoms with Gasteiger partial charge in [-0.3, -0.25) is 0 Å². The quantitative estimate of drug-likeness (QED) is 0.274. The second-order valence-corrected chi connectivity index (χ2v) is 12.2. The first-order valence-electron chi connectivity index (χ1n) is 13.6. The summed E-state index contributed by atoms with van der Waals surface area (Å²) < 4.78 is 41.2. The highest BCUT2D eigenvalue weighted by Gasteiger charge is 2.25. The molecule has 5 rings (SSSR count). The van der Waals surface area contributed by atoms with Crippen LogP contribution in [0.1, 0.15) is 39.0 Å². The number of aromatic nitrogens is 2. The van der Waals surface area contributed by atoms with Gasteiger partial charge in [-0.1, -0.05) is 36.6 Å². The van der Waals surface area contributed by atoms with E-state index in [2.05, 4.69) is 37.3 Å². The highest BCUT2D eigenvalue weighted by molar-refractivity contribution is 7.89. The van der Waals surface area contributed by atoms with Gasteiger partial charge in [-0.05, 0) is 57.5 Å². The summed E-state index contributed by atoms with van der Waals surface area (Å²) in [4.78, 5) is 11.2. The fraction of sp³-hybridized carbons (Fsp3) is 0.429. The summed E-state index contributed by atoms with van der Waals surface area (Å²) in [5, 5.41) is 6.53. The SMILES string of the molecule is CCOc1cc(O[C@@H]2CCN(C)C2)ccc1Nc1ncc(Cl)c(Nc2ccccc2S(=O)(=O)NC2CCCC2)n1. The lowest BCUT2D eigenvalue weighted by Gasteiger charge is -2.18. The third-order valence-electron chi connectivity index (χ3n) is 7.00. The van der Waals surface area contributed by atoms with Gasteiger partial charge in [-0.25, -0.2) is 18.1 Å². The molecule has 1 saturated heterocycles. The van der Waals surface area contributed by atoms with Crippen LogP contribution in [0.2, 0.25) is 5.02 Å². The standard InChI is InChI=1S/C28H35ClN6O4S/c1-3-38-25-16-20(39-21-14-15-35(2)18-21)12-13-23(25)32-28-30-17-22(29)27(33-28)31-24-10-6-7-11-26(24)40(36,37)34-19-8-4-5-9-19/h6-7,10-13,16-17,19,21,34H,3-5,8-9,14-15,18H2,1-2H3,(H2,30,31,32,33)/t21-/m1/s1. The number of hydrogen-bond acceptors (Lipinski definition) is 9. The molecule has 10 nitrogen and oxygen atoms in total. The molecule has 1 aliphatic carbocycles. The summed E-state index contributed by atoms with van der Waals surface area (Å²) in [6.07, 6.45) is 6.33. The van der Waals surface area contributed by atoms with Crippen molar-refractivity contribution in [1.29, 1.82) is 0 Å². The largest absolute Gasteiger partial charge is 0.492 e. The number of halogens is 1. The van der Waals surface area contributed by atoms with E-state index in [9.17, 15) is 8.42 Å². The monoisotopic (exact) mass is 586 g/mol. The Morgan fingerprint density at radius 1 is 1.07 bits per heavy atom. The molecule has 40 heavy (non-hydrogen) atoms. The molecule has 0 bridgehead atoms. The van der Waals surface area contributed by atoms with Crippen LogP contribution in [0.25, 0.3) is 0 Å². The van der Waals surface area contributed by atoms with Crippen molar-refractivity contribution >= 4 is 44.8 Å². The maximum Gasteiger partial charge on any atom is 0.242 e. The zero-order valence-electron chi connectivity index (χ0n) is 22.7. The predicted molar refractivity (Wildman–Crippen MR) is 157 cm³/mol. The number of benzene rings is 2. The molecule has 1 aromatic heterocycles. The Morgan fingerprint density at radius 2 is 1.88 bits per heavy atom. The Kier molecular flexibility index (Phi) is 8.94. The van der Waals surface area contributed by atoms with Crippen LogP contribution in [0.5, 0.6) is 11.5 Å². The van der Waals surface area contributed by atoms with E-state index in [-0.39, 0.29) is 33.8 Å². The van der Waals surface area contributed by atoms with Crippen LogP contribution in [0.15, 0.2) is 53.6 Å². The number of hydrogen-bond donors (Lipinski definition) is 3. The number of likely N-dealkylation sites (N-methyl/N-ethyl adjacent to an activating group) is 1. The van der Waals surface area contributed by atoms with Crippen molar-refractivity contribution in [2.45, 2.75) is 56.1 Å². The molecule has 1 saturated carbocycles. The minimum atomic E-state index is -3.74. The van der Waals surface area contributed by atoms with Gasteiger partial charge < -0.3 is 25.0 Å². The summed E-state index contributed by atoms with van der Waals surface area (Å²) in [6.45, 7) is 4.29. The van der Waals surface area contributed by atoms with Crippen LogP contribution in [-0.2, 0) is 10.0 Å². The van der Waals surface area contributed by atoms with Gasteiger partial charge in [0.2, 0.25) is 16.0 Å². The number of sulfonamides is 1. The maximum atomic E-state index is 13.2. The van der Waals surface area contributed by atoms with Crippen LogP contribution in [0, 0.1) is 0 Å². The Labute approximate surface area is 240 Å². The van der Waals surface area contributed by atoms with Gasteiger partial charge in [0.25, 0.3) is 0 Å². The van der Waals surface area contributed by atoms with Gasteiger partial charge in [0, 0.05) is 25.2 Å². The topological polar surface area (TPSA) is 118 Å². The lowest BCUT2D eigenvalue weighted by atomic mass is 10.2. The molecule has 0 radical (unpaired) electrons. The van der Waals surface area contributed by atoms with Crippen molar-refractivity contribution in [3.8, 4) is 11.5 Å². The van der Waals surface area contributed by atoms with E-state index in [1.54, 1.807) is 24.3 Å². The smallest absolute Gasteiger partial charge is 0.242 e. The van der Waals surface area contributed by atoms with E-state index in [1.807, 2.05) is 25.1 Å². The number of ether oxygens (including phenoxy) is 2. The van der Waals surface area contributed by atoms with Crippen LogP contribution in [-0.4, -0.2) is 62.2 Å². The van der Waals surface area contributed by atoms with E-state index in [0.29, 0.717) is 23.7 Å². The van der Waals surface area contributed by atoms with E-state index in [1.165, 1.54) is 6.20 Å². The second kappa shape index (κ2) is 12.6. The summed E-state index contributed by atoms with van der Waals surface area (Å²) in [5.41, 5.74) is 1.03. The molecule has 2 aromatic carbocycles. The van der Waals surface area contributed by atoms with Crippen molar-refractivity contribution < 1.29 is 17.9 Å². The molecule has 1 atom stereocenters. The fourth-order valence-electron chi connectivity index (χ4n) is 5.03. The fourth-order valence-corrected chi connectivity index (χ4v) is 6.64. The minimum absolute atomic E-state index is 0.0488. The molecule has 2 aliphatic rings. The van der Waals surface area contributed by atoms with Crippen molar-refractivity contribution in [2.75, 3.05) is 37.4 Å². The number of nitrogens with zero attached hydrogens (tertiary/aromatic N) is 3. The van der Waals surface area contributed by atoms with Gasteiger partial charge in [0.15, 0.2) is 5.82 Å². The van der Waals surface area contributed by atoms with E-state index in [0.717, 1.165) is 50.9 Å². The normalized spacial score (nSPS) is 18.1. The number of nitrogens with one attached hydrogen (secondary N) is 3. The third kappa shape index (κ3) is 6.95. The molecule has 2 fully saturated rings. The first-order chi connectivity index (χ1) is 19.3. The maximum absolute atomic E-state index is 13.2. The predicted octanol–water partition coefficient (Wildman–Crippen LogP) is 5.32. The summed E-state index contributed by atoms with van der Waals surface area (Å²) in [7, 11) is -1.65. The minimum Gasteiger partial charge on any atom is -0.492 e. The molecule has 3 N–H and O–H groups in total. The Balaban J connectivity index is 1.35. The summed E-state index contributed by atoms with van der Waals surface area (Å²) in [5.74, 6) is 1.88. The average molecular weight is 587 g/mol. The Bertz CT molecular complexity index is 1430. The van der Waals surface area contributed by atoms with E-state index >= 15 is 0 Å². The molecule has 2 heterocycles. The average Bonchev–Trinajstić information content (AvgIpc) is 3.59. The van der Waals surface area contributed by atoms with Crippen molar-refractivity contribution in [1.82, 2.24) is 19.6 Å². The molecule has 0 spiro atoms. The molecule has 1 aliphatic heterocycles. The lowest BCUT2D eigenvalue weighted by molar-refractivity contribution is 0.207. The lowest BCUT2D eigenvalue weighted by Crippen LogP contribution is -2.33. The first-order valence-corrected chi connectivity index (χ1v) is 15.5. The highest BCUT2D eigenvalue weighted by Crippen LogP contribution is 2.34. The van der Waals surface area contributed by atoms with Gasteiger partial charge >= 0.3 is 0 Å². The first kappa shape index (κ1) is 28.4. The number of likely N-dealkylation sites (tertiary alicyclic amines) is 1. The molecule has 0 amide bonds.